The topological polar surface area (TPSA) is 49.3 Å². The van der Waals surface area contributed by atoms with E-state index in [0.29, 0.717) is 11.3 Å². The minimum atomic E-state index is -0.293. The monoisotopic (exact) mass is 373 g/mol. The van der Waals surface area contributed by atoms with E-state index < -0.39 is 0 Å². The van der Waals surface area contributed by atoms with Crippen LogP contribution in [0.2, 0.25) is 10.0 Å². The molecule has 0 fully saturated rings. The molecule has 0 aliphatic rings. The highest BCUT2D eigenvalue weighted by Gasteiger charge is 2.13. The summed E-state index contributed by atoms with van der Waals surface area (Å²) < 4.78 is 0.730. The van der Waals surface area contributed by atoms with Crippen molar-refractivity contribution in [1.29, 1.82) is 0 Å². The van der Waals surface area contributed by atoms with E-state index in [2.05, 4.69) is 21.2 Å². The molecule has 6 heteroatoms. The number of carbonyl (C=O) groups is 1. The Bertz CT molecular complexity index is 666. The van der Waals surface area contributed by atoms with Gasteiger partial charge in [-0.05, 0) is 46.6 Å². The van der Waals surface area contributed by atoms with E-state index in [1.807, 2.05) is 13.0 Å². The van der Waals surface area contributed by atoms with Crippen LogP contribution < -0.4 is 5.32 Å². The summed E-state index contributed by atoms with van der Waals surface area (Å²) in [6.07, 6.45) is 0. The van der Waals surface area contributed by atoms with Crippen molar-refractivity contribution in [2.45, 2.75) is 6.92 Å². The first-order valence-corrected chi connectivity index (χ1v) is 7.19. The second-order valence-electron chi connectivity index (χ2n) is 4.18. The lowest BCUT2D eigenvalue weighted by Gasteiger charge is -2.10. The second-order valence-corrected chi connectivity index (χ2v) is 5.79. The van der Waals surface area contributed by atoms with Gasteiger partial charge in [0.15, 0.2) is 5.75 Å². The molecular formula is C14H10BrCl2NO2. The van der Waals surface area contributed by atoms with Gasteiger partial charge in [-0.2, -0.15) is 0 Å². The highest BCUT2D eigenvalue weighted by Crippen LogP contribution is 2.35. The number of phenolic OH excluding ortho intramolecular Hbond substituents is 1. The number of anilines is 1. The van der Waals surface area contributed by atoms with Crippen LogP contribution in [0.3, 0.4) is 0 Å². The third-order valence-corrected chi connectivity index (χ3v) is 4.34. The van der Waals surface area contributed by atoms with Crippen LogP contribution >= 0.6 is 39.1 Å². The minimum absolute atomic E-state index is 0.0797. The molecule has 0 bridgehead atoms. The zero-order valence-corrected chi connectivity index (χ0v) is 13.5. The molecule has 0 radical (unpaired) electrons. The average molecular weight is 375 g/mol. The fourth-order valence-electron chi connectivity index (χ4n) is 1.66. The number of aromatic hydroxyl groups is 1. The van der Waals surface area contributed by atoms with Crippen LogP contribution in [0.15, 0.2) is 34.8 Å². The van der Waals surface area contributed by atoms with Gasteiger partial charge in [0.25, 0.3) is 5.91 Å². The Morgan fingerprint density at radius 1 is 1.25 bits per heavy atom. The molecule has 0 heterocycles. The summed E-state index contributed by atoms with van der Waals surface area (Å²) in [5.74, 6) is -0.499. The average Bonchev–Trinajstić information content (AvgIpc) is 2.39. The number of amides is 1. The Hall–Kier alpha value is -1.23. The lowest BCUT2D eigenvalue weighted by Crippen LogP contribution is -2.13. The largest absolute Gasteiger partial charge is 0.505 e. The maximum Gasteiger partial charge on any atom is 0.256 e. The van der Waals surface area contributed by atoms with E-state index in [-0.39, 0.29) is 21.7 Å². The van der Waals surface area contributed by atoms with Crippen LogP contribution in [0.5, 0.6) is 5.75 Å². The molecule has 0 saturated heterocycles. The van der Waals surface area contributed by atoms with E-state index in [1.165, 1.54) is 12.1 Å². The minimum Gasteiger partial charge on any atom is -0.505 e. The fourth-order valence-corrected chi connectivity index (χ4v) is 2.59. The molecular weight excluding hydrogens is 365 g/mol. The molecule has 0 aliphatic carbocycles. The zero-order chi connectivity index (χ0) is 14.9. The third kappa shape index (κ3) is 3.08. The van der Waals surface area contributed by atoms with Gasteiger partial charge in [0.2, 0.25) is 0 Å². The van der Waals surface area contributed by atoms with Crippen LogP contribution in [0.4, 0.5) is 5.69 Å². The second kappa shape index (κ2) is 6.04. The maximum atomic E-state index is 12.2. The summed E-state index contributed by atoms with van der Waals surface area (Å²) in [4.78, 5) is 12.2. The number of rotatable bonds is 2. The van der Waals surface area contributed by atoms with Crippen LogP contribution in [-0.4, -0.2) is 11.0 Å². The molecule has 0 unspecified atom stereocenters. The summed E-state index contributed by atoms with van der Waals surface area (Å²) in [6, 6.07) is 8.27. The number of hydrogen-bond donors (Lipinski definition) is 2. The van der Waals surface area contributed by atoms with Crippen molar-refractivity contribution >= 4 is 50.7 Å². The predicted molar refractivity (Wildman–Crippen MR) is 85.0 cm³/mol. The highest BCUT2D eigenvalue weighted by molar-refractivity contribution is 9.10. The maximum absolute atomic E-state index is 12.2. The number of phenols is 1. The Balaban J connectivity index is 2.30. The first-order valence-electron chi connectivity index (χ1n) is 5.64. The molecule has 2 rings (SSSR count). The summed E-state index contributed by atoms with van der Waals surface area (Å²) in [5, 5.41) is 12.3. The lowest BCUT2D eigenvalue weighted by molar-refractivity contribution is 0.102. The van der Waals surface area contributed by atoms with Crippen molar-refractivity contribution in [2.75, 3.05) is 5.32 Å². The lowest BCUT2D eigenvalue weighted by atomic mass is 10.1. The number of aryl methyl sites for hydroxylation is 1. The van der Waals surface area contributed by atoms with Crippen LogP contribution in [-0.2, 0) is 0 Å². The smallest absolute Gasteiger partial charge is 0.256 e. The van der Waals surface area contributed by atoms with Gasteiger partial charge in [0.05, 0.1) is 15.6 Å². The number of halogens is 3. The number of benzene rings is 2. The van der Waals surface area contributed by atoms with Crippen LogP contribution in [0, 0.1) is 6.92 Å². The number of nitrogens with one attached hydrogen (secondary N) is 1. The molecule has 0 atom stereocenters. The van der Waals surface area contributed by atoms with E-state index >= 15 is 0 Å². The van der Waals surface area contributed by atoms with Crippen molar-refractivity contribution in [2.24, 2.45) is 0 Å². The molecule has 0 aliphatic heterocycles. The molecule has 104 valence electrons. The van der Waals surface area contributed by atoms with Gasteiger partial charge in [0, 0.05) is 10.2 Å². The van der Waals surface area contributed by atoms with Crippen molar-refractivity contribution in [1.82, 2.24) is 0 Å². The van der Waals surface area contributed by atoms with Gasteiger partial charge in [-0.25, -0.2) is 0 Å². The Morgan fingerprint density at radius 3 is 2.45 bits per heavy atom. The summed E-state index contributed by atoms with van der Waals surface area (Å²) in [5.41, 5.74) is 1.88. The third-order valence-electron chi connectivity index (χ3n) is 2.71. The fraction of sp³-hybridized carbons (Fsp3) is 0.0714. The Morgan fingerprint density at radius 2 is 1.85 bits per heavy atom. The first kappa shape index (κ1) is 15.2. The van der Waals surface area contributed by atoms with Crippen molar-refractivity contribution in [3.05, 3.63) is 56.0 Å². The molecule has 3 nitrogen and oxygen atoms in total. The summed E-state index contributed by atoms with van der Waals surface area (Å²) in [7, 11) is 0. The SMILES string of the molecule is Cc1cccc(C(=O)Nc2cc(Cl)c(O)c(Cl)c2)c1Br. The van der Waals surface area contributed by atoms with E-state index in [1.54, 1.807) is 12.1 Å². The van der Waals surface area contributed by atoms with E-state index in [0.717, 1.165) is 10.0 Å². The number of carbonyl (C=O) groups excluding carboxylic acids is 1. The molecule has 2 aromatic carbocycles. The van der Waals surface area contributed by atoms with Gasteiger partial charge < -0.3 is 10.4 Å². The van der Waals surface area contributed by atoms with E-state index in [4.69, 9.17) is 23.2 Å². The first-order chi connectivity index (χ1) is 9.40. The summed E-state index contributed by atoms with van der Waals surface area (Å²) >= 11 is 15.0. The van der Waals surface area contributed by atoms with Gasteiger partial charge >= 0.3 is 0 Å². The normalized spacial score (nSPS) is 10.4. The molecule has 0 saturated carbocycles. The van der Waals surface area contributed by atoms with Crippen LogP contribution in [0.1, 0.15) is 15.9 Å². The molecule has 2 N–H and O–H groups in total. The number of hydrogen-bond acceptors (Lipinski definition) is 2. The molecule has 1 amide bonds. The van der Waals surface area contributed by atoms with Crippen LogP contribution in [0.25, 0.3) is 0 Å². The molecule has 20 heavy (non-hydrogen) atoms. The molecule has 0 spiro atoms. The highest BCUT2D eigenvalue weighted by atomic mass is 79.9. The standard InChI is InChI=1S/C14H10BrCl2NO2/c1-7-3-2-4-9(12(7)15)14(20)18-8-5-10(16)13(19)11(17)6-8/h2-6,19H,1H3,(H,18,20). The van der Waals surface area contributed by atoms with Gasteiger partial charge in [-0.15, -0.1) is 0 Å². The predicted octanol–water partition coefficient (Wildman–Crippen LogP) is 5.02. The van der Waals surface area contributed by atoms with Gasteiger partial charge in [-0.1, -0.05) is 35.3 Å². The molecule has 0 aromatic heterocycles. The van der Waals surface area contributed by atoms with Crippen molar-refractivity contribution in [3.63, 3.8) is 0 Å². The zero-order valence-electron chi connectivity index (χ0n) is 10.4. The molecule has 2 aromatic rings. The van der Waals surface area contributed by atoms with Crippen molar-refractivity contribution in [3.8, 4) is 5.75 Å². The Labute approximate surface area is 134 Å². The Kier molecular flexibility index (Phi) is 4.58. The summed E-state index contributed by atoms with van der Waals surface area (Å²) in [6.45, 7) is 1.90. The van der Waals surface area contributed by atoms with Gasteiger partial charge in [-0.3, -0.25) is 4.79 Å². The van der Waals surface area contributed by atoms with Gasteiger partial charge in [0.1, 0.15) is 0 Å². The van der Waals surface area contributed by atoms with Crippen molar-refractivity contribution < 1.29 is 9.90 Å². The van der Waals surface area contributed by atoms with E-state index in [9.17, 15) is 9.90 Å². The quantitative estimate of drug-likeness (QED) is 0.725.